The van der Waals surface area contributed by atoms with Gasteiger partial charge in [0, 0.05) is 24.3 Å². The van der Waals surface area contributed by atoms with Crippen molar-refractivity contribution < 1.29 is 14.3 Å². The Kier molecular flexibility index (Phi) is 10.3. The molecule has 8 nitrogen and oxygen atoms in total. The molecule has 0 radical (unpaired) electrons. The minimum atomic E-state index is -0.510. The van der Waals surface area contributed by atoms with Crippen LogP contribution in [0.3, 0.4) is 0 Å². The number of carbonyl (C=O) groups is 2. The monoisotopic (exact) mass is 365 g/mol. The second-order valence-electron chi connectivity index (χ2n) is 6.12. The van der Waals surface area contributed by atoms with Crippen molar-refractivity contribution in [3.8, 4) is 0 Å². The largest absolute Gasteiger partial charge is 0.399 e. The van der Waals surface area contributed by atoms with E-state index in [4.69, 9.17) is 21.9 Å². The molecule has 0 aliphatic rings. The third-order valence-corrected chi connectivity index (χ3v) is 3.88. The molecule has 0 spiro atoms. The van der Waals surface area contributed by atoms with Crippen LogP contribution < -0.4 is 27.8 Å². The van der Waals surface area contributed by atoms with Crippen LogP contribution in [0.15, 0.2) is 18.2 Å². The van der Waals surface area contributed by atoms with E-state index < -0.39 is 6.04 Å². The number of nitrogens with two attached hydrogens (primary N) is 3. The van der Waals surface area contributed by atoms with Crippen molar-refractivity contribution in [3.63, 3.8) is 0 Å². The number of nitrogen functional groups attached to an aromatic ring is 1. The normalized spacial score (nSPS) is 11.8. The van der Waals surface area contributed by atoms with Crippen LogP contribution in [-0.2, 0) is 9.53 Å². The Balaban J connectivity index is 2.10. The molecule has 8 heteroatoms. The van der Waals surface area contributed by atoms with E-state index in [9.17, 15) is 9.59 Å². The zero-order chi connectivity index (χ0) is 19.4. The summed E-state index contributed by atoms with van der Waals surface area (Å²) in [4.78, 5) is 23.8. The molecule has 1 atom stereocenters. The summed E-state index contributed by atoms with van der Waals surface area (Å²) >= 11 is 0. The zero-order valence-electron chi connectivity index (χ0n) is 15.4. The molecule has 1 rings (SSSR count). The summed E-state index contributed by atoms with van der Waals surface area (Å²) in [5, 5.41) is 5.51. The summed E-state index contributed by atoms with van der Waals surface area (Å²) in [5.41, 5.74) is 18.9. The fourth-order valence-electron chi connectivity index (χ4n) is 2.39. The zero-order valence-corrected chi connectivity index (χ0v) is 15.4. The highest BCUT2D eigenvalue weighted by Crippen LogP contribution is 2.12. The van der Waals surface area contributed by atoms with E-state index in [0.717, 1.165) is 18.4 Å². The molecular weight excluding hydrogens is 334 g/mol. The number of ether oxygens (including phenoxy) is 1. The molecule has 0 bridgehead atoms. The van der Waals surface area contributed by atoms with Gasteiger partial charge in [0.2, 0.25) is 5.91 Å². The van der Waals surface area contributed by atoms with Crippen molar-refractivity contribution in [1.29, 1.82) is 0 Å². The van der Waals surface area contributed by atoms with Crippen molar-refractivity contribution in [3.05, 3.63) is 29.3 Å². The predicted octanol–water partition coefficient (Wildman–Crippen LogP) is -0.104. The standard InChI is InChI=1S/C18H31N5O3/c1-13-12-14(20)5-6-15(13)17(24)22-8-10-26-11-9-23-18(25)16(21)4-2-3-7-19/h5-6,12,16H,2-4,7-11,19-21H2,1H3,(H,22,24)(H,23,25). The van der Waals surface area contributed by atoms with Gasteiger partial charge in [0.05, 0.1) is 19.3 Å². The van der Waals surface area contributed by atoms with Crippen LogP contribution in [0.25, 0.3) is 0 Å². The second-order valence-corrected chi connectivity index (χ2v) is 6.12. The molecule has 1 aromatic carbocycles. The lowest BCUT2D eigenvalue weighted by Gasteiger charge is -2.12. The molecule has 26 heavy (non-hydrogen) atoms. The third-order valence-electron chi connectivity index (χ3n) is 3.88. The van der Waals surface area contributed by atoms with Crippen LogP contribution in [0.5, 0.6) is 0 Å². The lowest BCUT2D eigenvalue weighted by Crippen LogP contribution is -2.42. The first-order chi connectivity index (χ1) is 12.5. The highest BCUT2D eigenvalue weighted by Gasteiger charge is 2.12. The third kappa shape index (κ3) is 8.28. The van der Waals surface area contributed by atoms with Crippen molar-refractivity contribution >= 4 is 17.5 Å². The van der Waals surface area contributed by atoms with E-state index in [2.05, 4.69) is 10.6 Å². The summed E-state index contributed by atoms with van der Waals surface area (Å²) in [6, 6.07) is 4.65. The summed E-state index contributed by atoms with van der Waals surface area (Å²) < 4.78 is 5.39. The number of carbonyl (C=O) groups excluding carboxylic acids is 2. The first kappa shape index (κ1) is 21.9. The highest BCUT2D eigenvalue weighted by molar-refractivity contribution is 5.95. The van der Waals surface area contributed by atoms with Crippen LogP contribution in [0.2, 0.25) is 0 Å². The van der Waals surface area contributed by atoms with Crippen LogP contribution >= 0.6 is 0 Å². The van der Waals surface area contributed by atoms with Gasteiger partial charge in [0.15, 0.2) is 0 Å². The average Bonchev–Trinajstić information content (AvgIpc) is 2.60. The lowest BCUT2D eigenvalue weighted by atomic mass is 10.1. The molecule has 0 saturated heterocycles. The van der Waals surface area contributed by atoms with Gasteiger partial charge in [-0.15, -0.1) is 0 Å². The summed E-state index contributed by atoms with van der Waals surface area (Å²) in [5.74, 6) is -0.347. The number of amides is 2. The van der Waals surface area contributed by atoms with Gasteiger partial charge in [-0.3, -0.25) is 9.59 Å². The molecule has 0 aromatic heterocycles. The topological polar surface area (TPSA) is 145 Å². The quantitative estimate of drug-likeness (QED) is 0.258. The number of nitrogens with one attached hydrogen (secondary N) is 2. The number of benzene rings is 1. The highest BCUT2D eigenvalue weighted by atomic mass is 16.5. The molecule has 0 saturated carbocycles. The van der Waals surface area contributed by atoms with Crippen LogP contribution in [-0.4, -0.2) is 50.7 Å². The van der Waals surface area contributed by atoms with Crippen molar-refractivity contribution in [2.45, 2.75) is 32.2 Å². The first-order valence-corrected chi connectivity index (χ1v) is 8.91. The second kappa shape index (κ2) is 12.2. The molecule has 1 unspecified atom stereocenters. The van der Waals surface area contributed by atoms with Crippen molar-refractivity contribution in [2.24, 2.45) is 11.5 Å². The van der Waals surface area contributed by atoms with Gasteiger partial charge in [-0.1, -0.05) is 6.42 Å². The van der Waals surface area contributed by atoms with Gasteiger partial charge in [0.25, 0.3) is 5.91 Å². The maximum Gasteiger partial charge on any atom is 0.251 e. The Bertz CT molecular complexity index is 580. The summed E-state index contributed by atoms with van der Waals surface area (Å²) in [6.07, 6.45) is 2.33. The minimum absolute atomic E-state index is 0.164. The molecule has 146 valence electrons. The van der Waals surface area contributed by atoms with E-state index in [1.807, 2.05) is 6.92 Å². The van der Waals surface area contributed by atoms with Gasteiger partial charge < -0.3 is 32.6 Å². The van der Waals surface area contributed by atoms with Gasteiger partial charge in [0.1, 0.15) is 0 Å². The smallest absolute Gasteiger partial charge is 0.251 e. The maximum atomic E-state index is 12.1. The van der Waals surface area contributed by atoms with E-state index in [1.54, 1.807) is 18.2 Å². The first-order valence-electron chi connectivity index (χ1n) is 8.91. The van der Waals surface area contributed by atoms with Crippen LogP contribution in [0, 0.1) is 6.92 Å². The van der Waals surface area contributed by atoms with Gasteiger partial charge in [-0.05, 0) is 50.1 Å². The maximum absolute atomic E-state index is 12.1. The molecule has 0 fully saturated rings. The number of anilines is 1. The SMILES string of the molecule is Cc1cc(N)ccc1C(=O)NCCOCCNC(=O)C(N)CCCCN. The molecule has 0 aliphatic carbocycles. The van der Waals surface area contributed by atoms with E-state index in [0.29, 0.717) is 50.5 Å². The minimum Gasteiger partial charge on any atom is -0.399 e. The molecule has 1 aromatic rings. The molecule has 8 N–H and O–H groups in total. The summed E-state index contributed by atoms with van der Waals surface area (Å²) in [7, 11) is 0. The Morgan fingerprint density at radius 3 is 2.50 bits per heavy atom. The predicted molar refractivity (Wildman–Crippen MR) is 103 cm³/mol. The van der Waals surface area contributed by atoms with Gasteiger partial charge >= 0.3 is 0 Å². The lowest BCUT2D eigenvalue weighted by molar-refractivity contribution is -0.122. The summed E-state index contributed by atoms with van der Waals surface area (Å²) in [6.45, 7) is 3.93. The Labute approximate surface area is 154 Å². The Hall–Kier alpha value is -2.16. The molecule has 0 heterocycles. The van der Waals surface area contributed by atoms with Crippen molar-refractivity contribution in [2.75, 3.05) is 38.6 Å². The Morgan fingerprint density at radius 2 is 1.85 bits per heavy atom. The van der Waals surface area contributed by atoms with Crippen molar-refractivity contribution in [1.82, 2.24) is 10.6 Å². The van der Waals surface area contributed by atoms with Gasteiger partial charge in [-0.25, -0.2) is 0 Å². The Morgan fingerprint density at radius 1 is 1.15 bits per heavy atom. The number of aryl methyl sites for hydroxylation is 1. The fourth-order valence-corrected chi connectivity index (χ4v) is 2.39. The number of hydrogen-bond acceptors (Lipinski definition) is 6. The van der Waals surface area contributed by atoms with E-state index >= 15 is 0 Å². The average molecular weight is 365 g/mol. The van der Waals surface area contributed by atoms with E-state index in [-0.39, 0.29) is 11.8 Å². The van der Waals surface area contributed by atoms with Crippen LogP contribution in [0.4, 0.5) is 5.69 Å². The van der Waals surface area contributed by atoms with E-state index in [1.165, 1.54) is 0 Å². The molecule has 2 amide bonds. The number of unbranched alkanes of at least 4 members (excludes halogenated alkanes) is 1. The molecule has 0 aliphatic heterocycles. The molecular formula is C18H31N5O3. The van der Waals surface area contributed by atoms with Crippen LogP contribution in [0.1, 0.15) is 35.2 Å². The fraction of sp³-hybridized carbons (Fsp3) is 0.556. The number of rotatable bonds is 12. The number of hydrogen-bond donors (Lipinski definition) is 5. The van der Waals surface area contributed by atoms with Gasteiger partial charge in [-0.2, -0.15) is 0 Å².